The van der Waals surface area contributed by atoms with Crippen molar-refractivity contribution in [3.8, 4) is 33.4 Å². The SMILES string of the molecule is Cc1cc(-c2ccccc2)ccc1N(c1ccc2c(c1)C1(c3ccccc3-c3ccccc31)c1ccccc1-2)c1ccccc1C1=CCCC=C1. The Balaban J connectivity index is 1.24. The van der Waals surface area contributed by atoms with Crippen molar-refractivity contribution in [1.82, 2.24) is 0 Å². The molecule has 3 aliphatic rings. The van der Waals surface area contributed by atoms with Crippen molar-refractivity contribution in [2.75, 3.05) is 4.90 Å². The number of benzene rings is 7. The molecule has 1 nitrogen and oxygen atoms in total. The van der Waals surface area contributed by atoms with Crippen molar-refractivity contribution >= 4 is 22.6 Å². The first-order valence-corrected chi connectivity index (χ1v) is 18.1. The number of aryl methyl sites for hydroxylation is 1. The van der Waals surface area contributed by atoms with E-state index in [4.69, 9.17) is 0 Å². The van der Waals surface area contributed by atoms with Crippen LogP contribution < -0.4 is 4.90 Å². The highest BCUT2D eigenvalue weighted by Gasteiger charge is 2.51. The molecule has 51 heavy (non-hydrogen) atoms. The van der Waals surface area contributed by atoms with E-state index in [1.807, 2.05) is 0 Å². The fraction of sp³-hybridized carbons (Fsp3) is 0.0800. The first-order chi connectivity index (χ1) is 25.2. The summed E-state index contributed by atoms with van der Waals surface area (Å²) >= 11 is 0. The number of rotatable bonds is 5. The second-order valence-electron chi connectivity index (χ2n) is 14.0. The molecule has 0 bridgehead atoms. The van der Waals surface area contributed by atoms with Crippen molar-refractivity contribution in [3.63, 3.8) is 0 Å². The van der Waals surface area contributed by atoms with Crippen LogP contribution in [-0.4, -0.2) is 0 Å². The Hall–Kier alpha value is -6.18. The number of allylic oxidation sites excluding steroid dienone is 4. The van der Waals surface area contributed by atoms with E-state index < -0.39 is 5.41 Å². The predicted molar refractivity (Wildman–Crippen MR) is 214 cm³/mol. The van der Waals surface area contributed by atoms with Gasteiger partial charge in [-0.25, -0.2) is 0 Å². The Morgan fingerprint density at radius 3 is 1.67 bits per heavy atom. The van der Waals surface area contributed by atoms with E-state index in [0.29, 0.717) is 0 Å². The summed E-state index contributed by atoms with van der Waals surface area (Å²) in [7, 11) is 0. The molecule has 7 aromatic rings. The third-order valence-electron chi connectivity index (χ3n) is 11.2. The highest BCUT2D eigenvalue weighted by molar-refractivity contribution is 5.97. The number of hydrogen-bond acceptors (Lipinski definition) is 1. The van der Waals surface area contributed by atoms with Crippen LogP contribution in [0.2, 0.25) is 0 Å². The van der Waals surface area contributed by atoms with Crippen LogP contribution in [-0.2, 0) is 5.41 Å². The Kier molecular flexibility index (Phi) is 6.82. The minimum atomic E-state index is -0.402. The Bertz CT molecular complexity index is 2490. The van der Waals surface area contributed by atoms with Gasteiger partial charge >= 0.3 is 0 Å². The molecule has 7 aromatic carbocycles. The minimum Gasteiger partial charge on any atom is -0.310 e. The quantitative estimate of drug-likeness (QED) is 0.179. The number of nitrogens with zero attached hydrogens (tertiary/aromatic N) is 1. The molecule has 0 radical (unpaired) electrons. The Morgan fingerprint density at radius 2 is 1.04 bits per heavy atom. The van der Waals surface area contributed by atoms with Crippen molar-refractivity contribution in [2.24, 2.45) is 0 Å². The van der Waals surface area contributed by atoms with Gasteiger partial charge in [0.15, 0.2) is 0 Å². The van der Waals surface area contributed by atoms with Gasteiger partial charge in [-0.1, -0.05) is 152 Å². The fourth-order valence-corrected chi connectivity index (χ4v) is 9.07. The van der Waals surface area contributed by atoms with Gasteiger partial charge in [0, 0.05) is 16.9 Å². The summed E-state index contributed by atoms with van der Waals surface area (Å²) < 4.78 is 0. The van der Waals surface area contributed by atoms with Gasteiger partial charge in [-0.05, 0) is 117 Å². The summed E-state index contributed by atoms with van der Waals surface area (Å²) in [5, 5.41) is 0. The molecule has 0 aliphatic heterocycles. The van der Waals surface area contributed by atoms with Crippen LogP contribution in [0.1, 0.15) is 46.2 Å². The zero-order valence-corrected chi connectivity index (χ0v) is 28.7. The molecule has 0 fully saturated rings. The first kappa shape index (κ1) is 29.7. The molecule has 0 unspecified atom stereocenters. The van der Waals surface area contributed by atoms with Crippen LogP contribution in [0.3, 0.4) is 0 Å². The predicted octanol–water partition coefficient (Wildman–Crippen LogP) is 13.2. The van der Waals surface area contributed by atoms with Gasteiger partial charge in [0.1, 0.15) is 0 Å². The number of fused-ring (bicyclic) bond motifs is 10. The minimum absolute atomic E-state index is 0.402. The van der Waals surface area contributed by atoms with E-state index in [-0.39, 0.29) is 0 Å². The lowest BCUT2D eigenvalue weighted by molar-refractivity contribution is 0.793. The summed E-state index contributed by atoms with van der Waals surface area (Å²) in [5.41, 5.74) is 20.0. The normalized spacial score (nSPS) is 14.4. The van der Waals surface area contributed by atoms with Crippen LogP contribution in [0.15, 0.2) is 182 Å². The van der Waals surface area contributed by atoms with Crippen LogP contribution in [0.4, 0.5) is 17.1 Å². The van der Waals surface area contributed by atoms with Gasteiger partial charge < -0.3 is 4.90 Å². The second kappa shape index (κ2) is 11.7. The summed E-state index contributed by atoms with van der Waals surface area (Å²) in [4.78, 5) is 2.51. The van der Waals surface area contributed by atoms with E-state index >= 15 is 0 Å². The van der Waals surface area contributed by atoms with Crippen molar-refractivity contribution in [2.45, 2.75) is 25.2 Å². The Labute approximate surface area is 300 Å². The topological polar surface area (TPSA) is 3.24 Å². The second-order valence-corrected chi connectivity index (χ2v) is 14.0. The number of para-hydroxylation sites is 1. The molecule has 1 heteroatoms. The maximum Gasteiger partial charge on any atom is 0.0726 e. The van der Waals surface area contributed by atoms with Crippen molar-refractivity contribution < 1.29 is 0 Å². The average Bonchev–Trinajstić information content (AvgIpc) is 3.67. The highest BCUT2D eigenvalue weighted by Crippen LogP contribution is 2.63. The van der Waals surface area contributed by atoms with Crippen molar-refractivity contribution in [1.29, 1.82) is 0 Å². The number of anilines is 3. The molecule has 0 N–H and O–H groups in total. The molecule has 3 aliphatic carbocycles. The third-order valence-corrected chi connectivity index (χ3v) is 11.2. The monoisotopic (exact) mass is 651 g/mol. The van der Waals surface area contributed by atoms with Crippen LogP contribution in [0, 0.1) is 6.92 Å². The zero-order valence-electron chi connectivity index (χ0n) is 28.7. The van der Waals surface area contributed by atoms with Gasteiger partial charge in [-0.3, -0.25) is 0 Å². The van der Waals surface area contributed by atoms with E-state index in [0.717, 1.165) is 18.5 Å². The molecule has 0 aromatic heterocycles. The van der Waals surface area contributed by atoms with Gasteiger partial charge in [-0.15, -0.1) is 0 Å². The molecule has 0 atom stereocenters. The zero-order chi connectivity index (χ0) is 33.9. The smallest absolute Gasteiger partial charge is 0.0726 e. The van der Waals surface area contributed by atoms with Gasteiger partial charge in [0.05, 0.1) is 11.1 Å². The van der Waals surface area contributed by atoms with Gasteiger partial charge in [-0.2, -0.15) is 0 Å². The van der Waals surface area contributed by atoms with Crippen molar-refractivity contribution in [3.05, 3.63) is 215 Å². The lowest BCUT2D eigenvalue weighted by Crippen LogP contribution is -2.26. The molecule has 242 valence electrons. The molecular formula is C50H37N. The van der Waals surface area contributed by atoms with E-state index in [9.17, 15) is 0 Å². The maximum absolute atomic E-state index is 2.51. The summed E-state index contributed by atoms with van der Waals surface area (Å²) in [6.45, 7) is 2.26. The van der Waals surface area contributed by atoms with E-state index in [1.54, 1.807) is 0 Å². The molecule has 0 saturated carbocycles. The van der Waals surface area contributed by atoms with Crippen LogP contribution >= 0.6 is 0 Å². The van der Waals surface area contributed by atoms with E-state index in [2.05, 4.69) is 194 Å². The maximum atomic E-state index is 2.51. The average molecular weight is 652 g/mol. The first-order valence-electron chi connectivity index (χ1n) is 18.1. The largest absolute Gasteiger partial charge is 0.310 e. The Morgan fingerprint density at radius 1 is 0.451 bits per heavy atom. The molecule has 10 rings (SSSR count). The lowest BCUT2D eigenvalue weighted by Gasteiger charge is -2.33. The van der Waals surface area contributed by atoms with Gasteiger partial charge in [0.2, 0.25) is 0 Å². The lowest BCUT2D eigenvalue weighted by atomic mass is 9.70. The molecule has 0 saturated heterocycles. The van der Waals surface area contributed by atoms with Gasteiger partial charge in [0.25, 0.3) is 0 Å². The number of hydrogen-bond donors (Lipinski definition) is 0. The summed E-state index contributed by atoms with van der Waals surface area (Å²) in [6, 6.07) is 61.0. The molecular weight excluding hydrogens is 615 g/mol. The molecule has 0 amide bonds. The standard InChI is InChI=1S/C50H37N/c1-34-32-37(35-16-4-2-5-17-35)28-31-48(34)51(49-27-15-11-20-39(49)36-18-6-3-7-19-36)38-29-30-43-42-23-10-14-26-46(42)50(47(43)33-38)44-24-12-8-21-40(44)41-22-9-13-25-45(41)50/h2,4-6,8-33H,3,7H2,1H3. The molecule has 1 spiro atoms. The van der Waals surface area contributed by atoms with Crippen LogP contribution in [0.25, 0.3) is 39.0 Å². The highest BCUT2D eigenvalue weighted by atomic mass is 15.1. The summed E-state index contributed by atoms with van der Waals surface area (Å²) in [5.74, 6) is 0. The third kappa shape index (κ3) is 4.41. The summed E-state index contributed by atoms with van der Waals surface area (Å²) in [6.07, 6.45) is 9.15. The molecule has 0 heterocycles. The van der Waals surface area contributed by atoms with Crippen LogP contribution in [0.5, 0.6) is 0 Å². The van der Waals surface area contributed by atoms with E-state index in [1.165, 1.54) is 83.7 Å². The fourth-order valence-electron chi connectivity index (χ4n) is 9.07.